The number of nitrogens with zero attached hydrogens (tertiary/aromatic N) is 1. The molecule has 0 bridgehead atoms. The van der Waals surface area contributed by atoms with Gasteiger partial charge in [0.15, 0.2) is 0 Å². The normalized spacial score (nSPS) is 11.0. The average molecular weight is 234 g/mol. The Kier molecular flexibility index (Phi) is 3.66. The van der Waals surface area contributed by atoms with Crippen LogP contribution in [-0.2, 0) is 13.2 Å². The minimum atomic E-state index is 0.00236. The van der Waals surface area contributed by atoms with Crippen LogP contribution in [0.25, 0.3) is 10.9 Å². The molecule has 0 saturated carbocycles. The molecule has 1 aromatic carbocycles. The molecule has 1 aromatic heterocycles. The SMILES string of the molecule is CNCCc1cn(CO)c2ccc(OC)cc12. The van der Waals surface area contributed by atoms with E-state index in [1.165, 1.54) is 5.56 Å². The van der Waals surface area contributed by atoms with Gasteiger partial charge in [0.1, 0.15) is 12.5 Å². The third-order valence-electron chi connectivity index (χ3n) is 2.97. The first-order valence-electron chi connectivity index (χ1n) is 5.71. The minimum Gasteiger partial charge on any atom is -0.497 e. The lowest BCUT2D eigenvalue weighted by atomic mass is 10.1. The summed E-state index contributed by atoms with van der Waals surface area (Å²) in [5.41, 5.74) is 2.27. The highest BCUT2D eigenvalue weighted by Gasteiger charge is 2.08. The van der Waals surface area contributed by atoms with Gasteiger partial charge in [-0.25, -0.2) is 0 Å². The molecule has 17 heavy (non-hydrogen) atoms. The van der Waals surface area contributed by atoms with Crippen molar-refractivity contribution in [3.8, 4) is 5.75 Å². The van der Waals surface area contributed by atoms with Gasteiger partial charge in [-0.1, -0.05) is 0 Å². The van der Waals surface area contributed by atoms with Crippen molar-refractivity contribution in [3.63, 3.8) is 0 Å². The van der Waals surface area contributed by atoms with Crippen LogP contribution in [0.15, 0.2) is 24.4 Å². The fourth-order valence-corrected chi connectivity index (χ4v) is 2.05. The van der Waals surface area contributed by atoms with Crippen LogP contribution in [0, 0.1) is 0 Å². The van der Waals surface area contributed by atoms with Crippen LogP contribution in [0.3, 0.4) is 0 Å². The third kappa shape index (κ3) is 2.28. The Bertz CT molecular complexity index is 505. The second-order valence-electron chi connectivity index (χ2n) is 4.00. The average Bonchev–Trinajstić information content (AvgIpc) is 2.73. The second-order valence-corrected chi connectivity index (χ2v) is 4.00. The molecule has 0 radical (unpaired) electrons. The molecule has 4 nitrogen and oxygen atoms in total. The standard InChI is InChI=1S/C13H18N2O2/c1-14-6-5-10-8-15(9-16)13-4-3-11(17-2)7-12(10)13/h3-4,7-8,14,16H,5-6,9H2,1-2H3. The molecule has 2 N–H and O–H groups in total. The summed E-state index contributed by atoms with van der Waals surface area (Å²) in [6.07, 6.45) is 2.94. The summed E-state index contributed by atoms with van der Waals surface area (Å²) in [5.74, 6) is 0.846. The van der Waals surface area contributed by atoms with Crippen LogP contribution < -0.4 is 10.1 Å². The fourth-order valence-electron chi connectivity index (χ4n) is 2.05. The topological polar surface area (TPSA) is 46.4 Å². The first kappa shape index (κ1) is 12.0. The van der Waals surface area contributed by atoms with E-state index < -0.39 is 0 Å². The van der Waals surface area contributed by atoms with E-state index >= 15 is 0 Å². The highest BCUT2D eigenvalue weighted by Crippen LogP contribution is 2.26. The van der Waals surface area contributed by atoms with Crippen molar-refractivity contribution in [2.24, 2.45) is 0 Å². The summed E-state index contributed by atoms with van der Waals surface area (Å²) in [5, 5.41) is 13.6. The Morgan fingerprint density at radius 1 is 1.41 bits per heavy atom. The maximum Gasteiger partial charge on any atom is 0.119 e. The Balaban J connectivity index is 2.49. The fraction of sp³-hybridized carbons (Fsp3) is 0.385. The number of nitrogens with one attached hydrogen (secondary N) is 1. The molecular formula is C13H18N2O2. The molecule has 0 amide bonds. The molecule has 4 heteroatoms. The summed E-state index contributed by atoms with van der Waals surface area (Å²) < 4.78 is 7.08. The van der Waals surface area contributed by atoms with Crippen LogP contribution >= 0.6 is 0 Å². The highest BCUT2D eigenvalue weighted by molar-refractivity contribution is 5.85. The molecular weight excluding hydrogens is 216 g/mol. The van der Waals surface area contributed by atoms with Crippen LogP contribution in [0.5, 0.6) is 5.75 Å². The van der Waals surface area contributed by atoms with Gasteiger partial charge in [0.05, 0.1) is 12.6 Å². The number of aliphatic hydroxyl groups excluding tert-OH is 1. The molecule has 1 heterocycles. The van der Waals surface area contributed by atoms with Gasteiger partial charge >= 0.3 is 0 Å². The molecule has 2 aromatic rings. The van der Waals surface area contributed by atoms with Crippen LogP contribution in [0.1, 0.15) is 5.56 Å². The second kappa shape index (κ2) is 5.21. The summed E-state index contributed by atoms with van der Waals surface area (Å²) in [6, 6.07) is 5.91. The van der Waals surface area contributed by atoms with Gasteiger partial charge in [-0.3, -0.25) is 0 Å². The van der Waals surface area contributed by atoms with E-state index in [1.54, 1.807) is 7.11 Å². The van der Waals surface area contributed by atoms with Crippen molar-refractivity contribution in [2.45, 2.75) is 13.2 Å². The smallest absolute Gasteiger partial charge is 0.119 e. The number of aliphatic hydroxyl groups is 1. The Morgan fingerprint density at radius 3 is 2.88 bits per heavy atom. The van der Waals surface area contributed by atoms with Crippen molar-refractivity contribution in [3.05, 3.63) is 30.0 Å². The summed E-state index contributed by atoms with van der Waals surface area (Å²) >= 11 is 0. The van der Waals surface area contributed by atoms with E-state index in [4.69, 9.17) is 4.74 Å². The maximum absolute atomic E-state index is 9.32. The van der Waals surface area contributed by atoms with Crippen molar-refractivity contribution in [1.82, 2.24) is 9.88 Å². The van der Waals surface area contributed by atoms with Gasteiger partial charge in [0, 0.05) is 11.6 Å². The van der Waals surface area contributed by atoms with E-state index in [1.807, 2.05) is 36.0 Å². The van der Waals surface area contributed by atoms with Gasteiger partial charge < -0.3 is 19.7 Å². The predicted octanol–water partition coefficient (Wildman–Crippen LogP) is 1.36. The molecule has 2 rings (SSSR count). The van der Waals surface area contributed by atoms with Crippen LogP contribution in [0.2, 0.25) is 0 Å². The molecule has 0 aliphatic heterocycles. The third-order valence-corrected chi connectivity index (χ3v) is 2.97. The van der Waals surface area contributed by atoms with E-state index in [0.29, 0.717) is 0 Å². The zero-order valence-electron chi connectivity index (χ0n) is 10.2. The molecule has 0 spiro atoms. The van der Waals surface area contributed by atoms with Gasteiger partial charge in [0.2, 0.25) is 0 Å². The largest absolute Gasteiger partial charge is 0.497 e. The van der Waals surface area contributed by atoms with Gasteiger partial charge in [-0.2, -0.15) is 0 Å². The number of methoxy groups -OCH3 is 1. The van der Waals surface area contributed by atoms with Crippen LogP contribution in [0.4, 0.5) is 0 Å². The number of likely N-dealkylation sites (N-methyl/N-ethyl adjacent to an activating group) is 1. The summed E-state index contributed by atoms with van der Waals surface area (Å²) in [6.45, 7) is 0.921. The lowest BCUT2D eigenvalue weighted by Crippen LogP contribution is -2.10. The quantitative estimate of drug-likeness (QED) is 0.821. The molecule has 0 atom stereocenters. The first-order chi connectivity index (χ1) is 8.30. The van der Waals surface area contributed by atoms with Crippen LogP contribution in [-0.4, -0.2) is 30.4 Å². The number of aromatic nitrogens is 1. The molecule has 0 unspecified atom stereocenters. The van der Waals surface area contributed by atoms with E-state index in [0.717, 1.165) is 29.6 Å². The molecule has 0 fully saturated rings. The Hall–Kier alpha value is -1.52. The van der Waals surface area contributed by atoms with Crippen molar-refractivity contribution < 1.29 is 9.84 Å². The first-order valence-corrected chi connectivity index (χ1v) is 5.71. The van der Waals surface area contributed by atoms with Crippen molar-refractivity contribution in [2.75, 3.05) is 20.7 Å². The lowest BCUT2D eigenvalue weighted by molar-refractivity contribution is 0.215. The van der Waals surface area contributed by atoms with Gasteiger partial charge in [-0.05, 0) is 43.8 Å². The predicted molar refractivity (Wildman–Crippen MR) is 68.3 cm³/mol. The molecule has 0 aliphatic rings. The number of hydrogen-bond donors (Lipinski definition) is 2. The lowest BCUT2D eigenvalue weighted by Gasteiger charge is -2.02. The van der Waals surface area contributed by atoms with E-state index in [-0.39, 0.29) is 6.73 Å². The number of ether oxygens (including phenoxy) is 1. The van der Waals surface area contributed by atoms with Crippen molar-refractivity contribution in [1.29, 1.82) is 0 Å². The molecule has 92 valence electrons. The van der Waals surface area contributed by atoms with Crippen molar-refractivity contribution >= 4 is 10.9 Å². The Labute approximate surface area is 101 Å². The number of benzene rings is 1. The molecule has 0 aliphatic carbocycles. The number of fused-ring (bicyclic) bond motifs is 1. The Morgan fingerprint density at radius 2 is 2.24 bits per heavy atom. The maximum atomic E-state index is 9.32. The number of hydrogen-bond acceptors (Lipinski definition) is 3. The summed E-state index contributed by atoms with van der Waals surface area (Å²) in [7, 11) is 3.60. The highest BCUT2D eigenvalue weighted by atomic mass is 16.5. The molecule has 0 saturated heterocycles. The summed E-state index contributed by atoms with van der Waals surface area (Å²) in [4.78, 5) is 0. The van der Waals surface area contributed by atoms with Gasteiger partial charge in [0.25, 0.3) is 0 Å². The van der Waals surface area contributed by atoms with E-state index in [2.05, 4.69) is 5.32 Å². The number of rotatable bonds is 5. The van der Waals surface area contributed by atoms with Gasteiger partial charge in [-0.15, -0.1) is 0 Å². The zero-order chi connectivity index (χ0) is 12.3. The monoisotopic (exact) mass is 234 g/mol. The van der Waals surface area contributed by atoms with E-state index in [9.17, 15) is 5.11 Å². The minimum absolute atomic E-state index is 0.00236. The zero-order valence-corrected chi connectivity index (χ0v) is 10.2.